The molecule has 2 aromatic rings. The van der Waals surface area contributed by atoms with E-state index in [9.17, 15) is 0 Å². The molecule has 16 heavy (non-hydrogen) atoms. The van der Waals surface area contributed by atoms with Crippen molar-refractivity contribution in [2.45, 2.75) is 5.16 Å². The number of hydrogen-bond donors (Lipinski definition) is 0. The Kier molecular flexibility index (Phi) is 3.52. The van der Waals surface area contributed by atoms with E-state index in [1.807, 2.05) is 30.3 Å². The average Bonchev–Trinajstić information content (AvgIpc) is 2.38. The summed E-state index contributed by atoms with van der Waals surface area (Å²) in [5.41, 5.74) is 1.84. The van der Waals surface area contributed by atoms with Crippen LogP contribution in [0.1, 0.15) is 0 Å². The van der Waals surface area contributed by atoms with E-state index >= 15 is 0 Å². The summed E-state index contributed by atoms with van der Waals surface area (Å²) in [7, 11) is 0. The highest BCUT2D eigenvalue weighted by atomic mass is 32.2. The summed E-state index contributed by atoms with van der Waals surface area (Å²) in [5.74, 6) is 3.09. The van der Waals surface area contributed by atoms with Crippen molar-refractivity contribution in [3.8, 4) is 23.6 Å². The lowest BCUT2D eigenvalue weighted by atomic mass is 10.2. The van der Waals surface area contributed by atoms with E-state index in [1.54, 1.807) is 6.20 Å². The number of rotatable bonds is 3. The maximum atomic E-state index is 5.18. The predicted molar refractivity (Wildman–Crippen MR) is 64.8 cm³/mol. The zero-order valence-electron chi connectivity index (χ0n) is 8.50. The van der Waals surface area contributed by atoms with E-state index in [4.69, 9.17) is 6.42 Å². The van der Waals surface area contributed by atoms with Crippen molar-refractivity contribution in [1.82, 2.24) is 15.2 Å². The molecule has 0 amide bonds. The van der Waals surface area contributed by atoms with Gasteiger partial charge in [-0.1, -0.05) is 48.0 Å². The van der Waals surface area contributed by atoms with Gasteiger partial charge in [-0.05, 0) is 0 Å². The molecular weight excluding hydrogens is 218 g/mol. The quantitative estimate of drug-likeness (QED) is 0.595. The zero-order valence-corrected chi connectivity index (χ0v) is 9.31. The monoisotopic (exact) mass is 227 g/mol. The van der Waals surface area contributed by atoms with Crippen LogP contribution in [0.3, 0.4) is 0 Å². The van der Waals surface area contributed by atoms with Gasteiger partial charge in [-0.3, -0.25) is 0 Å². The standard InChI is InChI=1S/C12H9N3S/c1-2-8-16-12-14-11(9-13-15-12)10-6-4-3-5-7-10/h1,3-7,9H,8H2. The number of aromatic nitrogens is 3. The first-order chi connectivity index (χ1) is 7.90. The van der Waals surface area contributed by atoms with Crippen LogP contribution >= 0.6 is 11.8 Å². The van der Waals surface area contributed by atoms with Gasteiger partial charge in [0, 0.05) is 5.56 Å². The Bertz CT molecular complexity index is 505. The number of nitrogens with zero attached hydrogens (tertiary/aromatic N) is 3. The highest BCUT2D eigenvalue weighted by molar-refractivity contribution is 7.99. The molecule has 0 spiro atoms. The molecule has 78 valence electrons. The minimum Gasteiger partial charge on any atom is -0.219 e. The molecule has 4 heteroatoms. The highest BCUT2D eigenvalue weighted by Gasteiger charge is 2.02. The van der Waals surface area contributed by atoms with E-state index in [2.05, 4.69) is 21.1 Å². The summed E-state index contributed by atoms with van der Waals surface area (Å²) in [6.45, 7) is 0. The second-order valence-electron chi connectivity index (χ2n) is 2.98. The molecule has 2 rings (SSSR count). The third kappa shape index (κ3) is 2.59. The summed E-state index contributed by atoms with van der Waals surface area (Å²) in [5, 5.41) is 8.43. The van der Waals surface area contributed by atoms with Gasteiger partial charge in [-0.15, -0.1) is 11.5 Å². The number of terminal acetylenes is 1. The molecule has 0 N–H and O–H groups in total. The van der Waals surface area contributed by atoms with Crippen molar-refractivity contribution in [1.29, 1.82) is 0 Å². The summed E-state index contributed by atoms with van der Waals surface area (Å²) in [6.07, 6.45) is 6.83. The SMILES string of the molecule is C#CCSc1nncc(-c2ccccc2)n1. The molecule has 0 radical (unpaired) electrons. The molecule has 0 aliphatic carbocycles. The first kappa shape index (κ1) is 10.7. The molecule has 1 heterocycles. The van der Waals surface area contributed by atoms with Crippen LogP contribution in [0.25, 0.3) is 11.3 Å². The van der Waals surface area contributed by atoms with Crippen molar-refractivity contribution >= 4 is 11.8 Å². The Balaban J connectivity index is 2.26. The summed E-state index contributed by atoms with van der Waals surface area (Å²) >= 11 is 1.41. The maximum Gasteiger partial charge on any atom is 0.210 e. The lowest BCUT2D eigenvalue weighted by molar-refractivity contribution is 0.845. The largest absolute Gasteiger partial charge is 0.219 e. The second-order valence-corrected chi connectivity index (χ2v) is 3.93. The van der Waals surface area contributed by atoms with E-state index in [0.29, 0.717) is 10.9 Å². The third-order valence-electron chi connectivity index (χ3n) is 1.89. The molecule has 0 saturated carbocycles. The van der Waals surface area contributed by atoms with Gasteiger partial charge in [0.25, 0.3) is 0 Å². The first-order valence-electron chi connectivity index (χ1n) is 4.71. The fraction of sp³-hybridized carbons (Fsp3) is 0.0833. The molecule has 3 nitrogen and oxygen atoms in total. The van der Waals surface area contributed by atoms with E-state index in [-0.39, 0.29) is 0 Å². The molecule has 1 aromatic heterocycles. The van der Waals surface area contributed by atoms with Gasteiger partial charge in [0.15, 0.2) is 0 Å². The van der Waals surface area contributed by atoms with E-state index in [1.165, 1.54) is 11.8 Å². The summed E-state index contributed by atoms with van der Waals surface area (Å²) in [6, 6.07) is 9.86. The average molecular weight is 227 g/mol. The van der Waals surface area contributed by atoms with Crippen molar-refractivity contribution in [3.05, 3.63) is 36.5 Å². The molecule has 0 atom stereocenters. The van der Waals surface area contributed by atoms with Crippen molar-refractivity contribution in [2.75, 3.05) is 5.75 Å². The molecular formula is C12H9N3S. The molecule has 0 aliphatic heterocycles. The number of benzene rings is 1. The smallest absolute Gasteiger partial charge is 0.210 e. The Morgan fingerprint density at radius 1 is 1.25 bits per heavy atom. The Hall–Kier alpha value is -1.86. The van der Waals surface area contributed by atoms with Gasteiger partial charge in [-0.2, -0.15) is 5.10 Å². The minimum absolute atomic E-state index is 0.555. The van der Waals surface area contributed by atoms with Gasteiger partial charge in [-0.25, -0.2) is 4.98 Å². The number of thioether (sulfide) groups is 1. The molecule has 0 unspecified atom stereocenters. The predicted octanol–water partition coefficient (Wildman–Crippen LogP) is 2.26. The normalized spacial score (nSPS) is 9.69. The molecule has 0 bridgehead atoms. The lowest BCUT2D eigenvalue weighted by Gasteiger charge is -2.00. The minimum atomic E-state index is 0.555. The van der Waals surface area contributed by atoms with Gasteiger partial charge in [0.05, 0.1) is 17.6 Å². The van der Waals surface area contributed by atoms with Crippen molar-refractivity contribution < 1.29 is 0 Å². The Morgan fingerprint density at radius 3 is 2.81 bits per heavy atom. The van der Waals surface area contributed by atoms with Crippen LogP contribution in [-0.4, -0.2) is 20.9 Å². The fourth-order valence-electron chi connectivity index (χ4n) is 1.20. The maximum absolute atomic E-state index is 5.18. The number of hydrogen-bond acceptors (Lipinski definition) is 4. The van der Waals surface area contributed by atoms with Gasteiger partial charge in [0.2, 0.25) is 5.16 Å². The van der Waals surface area contributed by atoms with Gasteiger partial charge in [0.1, 0.15) is 0 Å². The van der Waals surface area contributed by atoms with Crippen molar-refractivity contribution in [3.63, 3.8) is 0 Å². The topological polar surface area (TPSA) is 38.7 Å². The van der Waals surface area contributed by atoms with Crippen LogP contribution in [0.2, 0.25) is 0 Å². The van der Waals surface area contributed by atoms with Crippen LogP contribution in [0.4, 0.5) is 0 Å². The molecule has 0 aliphatic rings. The van der Waals surface area contributed by atoms with Crippen LogP contribution in [-0.2, 0) is 0 Å². The van der Waals surface area contributed by atoms with Crippen LogP contribution < -0.4 is 0 Å². The summed E-state index contributed by atoms with van der Waals surface area (Å²) in [4.78, 5) is 4.37. The van der Waals surface area contributed by atoms with Gasteiger partial charge >= 0.3 is 0 Å². The third-order valence-corrected chi connectivity index (χ3v) is 2.64. The van der Waals surface area contributed by atoms with Crippen molar-refractivity contribution in [2.24, 2.45) is 0 Å². The second kappa shape index (κ2) is 5.29. The molecule has 0 saturated heterocycles. The fourth-order valence-corrected chi connectivity index (χ4v) is 1.68. The van der Waals surface area contributed by atoms with Crippen LogP contribution in [0.5, 0.6) is 0 Å². The van der Waals surface area contributed by atoms with Crippen LogP contribution in [0.15, 0.2) is 41.7 Å². The highest BCUT2D eigenvalue weighted by Crippen LogP contribution is 2.18. The lowest BCUT2D eigenvalue weighted by Crippen LogP contribution is -1.93. The Labute approximate surface area is 98.3 Å². The molecule has 1 aromatic carbocycles. The zero-order chi connectivity index (χ0) is 11.2. The first-order valence-corrected chi connectivity index (χ1v) is 5.70. The van der Waals surface area contributed by atoms with Crippen LogP contribution in [0, 0.1) is 12.3 Å². The van der Waals surface area contributed by atoms with E-state index in [0.717, 1.165) is 11.3 Å². The van der Waals surface area contributed by atoms with Gasteiger partial charge < -0.3 is 0 Å². The van der Waals surface area contributed by atoms with E-state index < -0.39 is 0 Å². The Morgan fingerprint density at radius 2 is 2.06 bits per heavy atom. The molecule has 0 fully saturated rings. The summed E-state index contributed by atoms with van der Waals surface area (Å²) < 4.78 is 0.